The number of ether oxygens (including phenoxy) is 1. The Morgan fingerprint density at radius 1 is 0.964 bits per heavy atom. The predicted molar refractivity (Wildman–Crippen MR) is 109 cm³/mol. The van der Waals surface area contributed by atoms with Gasteiger partial charge in [-0.25, -0.2) is 10.2 Å². The van der Waals surface area contributed by atoms with E-state index in [0.29, 0.717) is 21.9 Å². The van der Waals surface area contributed by atoms with Crippen molar-refractivity contribution in [1.82, 2.24) is 5.43 Å². The van der Waals surface area contributed by atoms with Gasteiger partial charge in [-0.2, -0.15) is 5.10 Å². The van der Waals surface area contributed by atoms with Crippen LogP contribution < -0.4 is 10.2 Å². The number of rotatable bonds is 5. The maximum atomic E-state index is 12.1. The standard InChI is InChI=1S/C22H17ClN2O3/c1-15-6-10-17(11-7-15)21(26)25-24-14-16-8-12-18(13-9-16)28-22(27)19-4-2-3-5-20(19)23/h2-14H,1H3,(H,25,26)/b24-14+. The molecule has 0 spiro atoms. The van der Waals surface area contributed by atoms with Gasteiger partial charge < -0.3 is 4.74 Å². The summed E-state index contributed by atoms with van der Waals surface area (Å²) in [5.74, 6) is -0.440. The highest BCUT2D eigenvalue weighted by molar-refractivity contribution is 6.33. The van der Waals surface area contributed by atoms with Crippen LogP contribution in [0, 0.1) is 6.92 Å². The number of hydrogen-bond donors (Lipinski definition) is 1. The first-order chi connectivity index (χ1) is 13.5. The van der Waals surface area contributed by atoms with E-state index in [1.165, 1.54) is 6.21 Å². The zero-order chi connectivity index (χ0) is 19.9. The molecule has 0 atom stereocenters. The van der Waals surface area contributed by atoms with Gasteiger partial charge in [0.2, 0.25) is 0 Å². The minimum absolute atomic E-state index is 0.290. The zero-order valence-corrected chi connectivity index (χ0v) is 15.8. The smallest absolute Gasteiger partial charge is 0.345 e. The summed E-state index contributed by atoms with van der Waals surface area (Å²) in [6.45, 7) is 1.95. The molecule has 3 aromatic rings. The third-order valence-corrected chi connectivity index (χ3v) is 4.21. The third-order valence-electron chi connectivity index (χ3n) is 3.88. The van der Waals surface area contributed by atoms with Gasteiger partial charge in [0.15, 0.2) is 0 Å². The Kier molecular flexibility index (Phi) is 6.19. The van der Waals surface area contributed by atoms with E-state index in [-0.39, 0.29) is 5.91 Å². The van der Waals surface area contributed by atoms with Crippen LogP contribution in [0.5, 0.6) is 5.75 Å². The summed E-state index contributed by atoms with van der Waals surface area (Å²) < 4.78 is 5.31. The van der Waals surface area contributed by atoms with E-state index in [9.17, 15) is 9.59 Å². The first kappa shape index (κ1) is 19.3. The Labute approximate surface area is 167 Å². The Hall–Kier alpha value is -3.44. The summed E-state index contributed by atoms with van der Waals surface area (Å²) in [6.07, 6.45) is 1.51. The SMILES string of the molecule is Cc1ccc(C(=O)N/N=C/c2ccc(OC(=O)c3ccccc3Cl)cc2)cc1. The van der Waals surface area contributed by atoms with Gasteiger partial charge >= 0.3 is 5.97 Å². The van der Waals surface area contributed by atoms with Gasteiger partial charge in [0.05, 0.1) is 16.8 Å². The third kappa shape index (κ3) is 5.05. The topological polar surface area (TPSA) is 67.8 Å². The van der Waals surface area contributed by atoms with Crippen LogP contribution in [0.2, 0.25) is 5.02 Å². The van der Waals surface area contributed by atoms with Gasteiger partial charge in [-0.15, -0.1) is 0 Å². The molecular weight excluding hydrogens is 376 g/mol. The molecule has 5 nitrogen and oxygen atoms in total. The van der Waals surface area contributed by atoms with Crippen molar-refractivity contribution in [3.05, 3.63) is 100 Å². The molecule has 0 aliphatic rings. The van der Waals surface area contributed by atoms with Crippen molar-refractivity contribution >= 4 is 29.7 Å². The average molecular weight is 393 g/mol. The van der Waals surface area contributed by atoms with Crippen LogP contribution in [0.25, 0.3) is 0 Å². The summed E-state index contributed by atoms with van der Waals surface area (Å²) in [4.78, 5) is 24.1. The molecule has 3 rings (SSSR count). The van der Waals surface area contributed by atoms with Crippen LogP contribution >= 0.6 is 11.6 Å². The summed E-state index contributed by atoms with van der Waals surface area (Å²) in [5.41, 5.74) is 5.12. The minimum Gasteiger partial charge on any atom is -0.423 e. The fourth-order valence-electron chi connectivity index (χ4n) is 2.35. The Morgan fingerprint density at radius 3 is 2.32 bits per heavy atom. The van der Waals surface area contributed by atoms with Crippen LogP contribution in [0.1, 0.15) is 31.8 Å². The Morgan fingerprint density at radius 2 is 1.64 bits per heavy atom. The second kappa shape index (κ2) is 8.97. The van der Waals surface area contributed by atoms with Crippen molar-refractivity contribution in [2.24, 2.45) is 5.10 Å². The van der Waals surface area contributed by atoms with E-state index in [2.05, 4.69) is 10.5 Å². The van der Waals surface area contributed by atoms with Crippen molar-refractivity contribution in [2.75, 3.05) is 0 Å². The summed E-state index contributed by atoms with van der Waals surface area (Å²) in [6, 6.07) is 20.6. The lowest BCUT2D eigenvalue weighted by atomic mass is 10.1. The Bertz CT molecular complexity index is 1010. The van der Waals surface area contributed by atoms with Gasteiger partial charge in [0, 0.05) is 5.56 Å². The number of nitrogens with zero attached hydrogens (tertiary/aromatic N) is 1. The van der Waals surface area contributed by atoms with Crippen LogP contribution in [0.4, 0.5) is 0 Å². The summed E-state index contributed by atoms with van der Waals surface area (Å²) >= 11 is 5.99. The number of hydrazone groups is 1. The summed E-state index contributed by atoms with van der Waals surface area (Å²) in [7, 11) is 0. The van der Waals surface area contributed by atoms with E-state index in [4.69, 9.17) is 16.3 Å². The second-order valence-corrected chi connectivity index (χ2v) is 6.41. The molecular formula is C22H17ClN2O3. The van der Waals surface area contributed by atoms with E-state index in [1.54, 1.807) is 60.7 Å². The number of halogens is 1. The number of aryl methyl sites for hydroxylation is 1. The monoisotopic (exact) mass is 392 g/mol. The predicted octanol–water partition coefficient (Wildman–Crippen LogP) is 4.63. The first-order valence-electron chi connectivity index (χ1n) is 8.50. The van der Waals surface area contributed by atoms with Crippen molar-refractivity contribution in [3.8, 4) is 5.75 Å². The number of hydrogen-bond acceptors (Lipinski definition) is 4. The van der Waals surface area contributed by atoms with Crippen LogP contribution in [-0.4, -0.2) is 18.1 Å². The second-order valence-electron chi connectivity index (χ2n) is 6.00. The van der Waals surface area contributed by atoms with Gasteiger partial charge in [0.1, 0.15) is 5.75 Å². The molecule has 1 amide bonds. The molecule has 140 valence electrons. The maximum Gasteiger partial charge on any atom is 0.345 e. The quantitative estimate of drug-likeness (QED) is 0.298. The molecule has 0 unspecified atom stereocenters. The van der Waals surface area contributed by atoms with Crippen LogP contribution in [0.15, 0.2) is 77.9 Å². The molecule has 6 heteroatoms. The normalized spacial score (nSPS) is 10.6. The van der Waals surface area contributed by atoms with E-state index in [1.807, 2.05) is 19.1 Å². The van der Waals surface area contributed by atoms with Crippen molar-refractivity contribution in [2.45, 2.75) is 6.92 Å². The Balaban J connectivity index is 1.57. The van der Waals surface area contributed by atoms with Crippen LogP contribution in [0.3, 0.4) is 0 Å². The largest absolute Gasteiger partial charge is 0.423 e. The fraction of sp³-hybridized carbons (Fsp3) is 0.0455. The maximum absolute atomic E-state index is 12.1. The van der Waals surface area contributed by atoms with Crippen LogP contribution in [-0.2, 0) is 0 Å². The molecule has 0 saturated carbocycles. The highest BCUT2D eigenvalue weighted by Crippen LogP contribution is 2.18. The lowest BCUT2D eigenvalue weighted by molar-refractivity contribution is 0.0734. The van der Waals surface area contributed by atoms with Gasteiger partial charge in [-0.1, -0.05) is 41.4 Å². The molecule has 1 N–H and O–H groups in total. The number of benzene rings is 3. The number of carbonyl (C=O) groups excluding carboxylic acids is 2. The van der Waals surface area contributed by atoms with Gasteiger partial charge in [0.25, 0.3) is 5.91 Å². The molecule has 0 radical (unpaired) electrons. The fourth-order valence-corrected chi connectivity index (χ4v) is 2.56. The number of esters is 1. The minimum atomic E-state index is -0.530. The van der Waals surface area contributed by atoms with Gasteiger partial charge in [-0.05, 0) is 61.0 Å². The molecule has 28 heavy (non-hydrogen) atoms. The number of carbonyl (C=O) groups is 2. The molecule has 0 aliphatic heterocycles. The lowest BCUT2D eigenvalue weighted by Crippen LogP contribution is -2.17. The van der Waals surface area contributed by atoms with E-state index >= 15 is 0 Å². The molecule has 0 saturated heterocycles. The molecule has 0 bridgehead atoms. The zero-order valence-electron chi connectivity index (χ0n) is 15.1. The van der Waals surface area contributed by atoms with Crippen molar-refractivity contribution in [1.29, 1.82) is 0 Å². The van der Waals surface area contributed by atoms with E-state index < -0.39 is 5.97 Å². The van der Waals surface area contributed by atoms with E-state index in [0.717, 1.165) is 11.1 Å². The lowest BCUT2D eigenvalue weighted by Gasteiger charge is -2.06. The summed E-state index contributed by atoms with van der Waals surface area (Å²) in [5, 5.41) is 4.27. The first-order valence-corrected chi connectivity index (χ1v) is 8.87. The molecule has 0 aromatic heterocycles. The number of amides is 1. The highest BCUT2D eigenvalue weighted by Gasteiger charge is 2.11. The molecule has 0 aliphatic carbocycles. The number of nitrogens with one attached hydrogen (secondary N) is 1. The van der Waals surface area contributed by atoms with Crippen molar-refractivity contribution < 1.29 is 14.3 Å². The molecule has 3 aromatic carbocycles. The van der Waals surface area contributed by atoms with Crippen molar-refractivity contribution in [3.63, 3.8) is 0 Å². The van der Waals surface area contributed by atoms with Gasteiger partial charge in [-0.3, -0.25) is 4.79 Å². The molecule has 0 heterocycles. The highest BCUT2D eigenvalue weighted by atomic mass is 35.5. The average Bonchev–Trinajstić information content (AvgIpc) is 2.70. The molecule has 0 fully saturated rings.